The van der Waals surface area contributed by atoms with Crippen LogP contribution in [-0.2, 0) is 0 Å². The van der Waals surface area contributed by atoms with Crippen LogP contribution in [0.5, 0.6) is 0 Å². The Morgan fingerprint density at radius 1 is 1.27 bits per heavy atom. The molecule has 0 radical (unpaired) electrons. The molecule has 0 saturated heterocycles. The summed E-state index contributed by atoms with van der Waals surface area (Å²) in [6.07, 6.45) is 3.55. The first-order valence-electron chi connectivity index (χ1n) is 5.72. The van der Waals surface area contributed by atoms with Crippen molar-refractivity contribution in [2.45, 2.75) is 60.0 Å². The second-order valence-corrected chi connectivity index (χ2v) is 6.56. The van der Waals surface area contributed by atoms with Crippen LogP contribution in [0.25, 0.3) is 0 Å². The highest BCUT2D eigenvalue weighted by atomic mass is 16.3. The first kappa shape index (κ1) is 12.5. The minimum Gasteiger partial charge on any atom is -0.385 e. The third-order valence-corrected chi connectivity index (χ3v) is 3.83. The Morgan fingerprint density at radius 2 is 1.73 bits per heavy atom. The standard InChI is InChI=1S/C14H24O/c1-11(2)7-8-14(15)9-13(6,10-14)12(3,4)5/h8,15H,9-10H2,1-6H3. The van der Waals surface area contributed by atoms with Gasteiger partial charge in [-0.25, -0.2) is 0 Å². The number of rotatable bonds is 1. The van der Waals surface area contributed by atoms with Crippen molar-refractivity contribution in [3.63, 3.8) is 0 Å². The van der Waals surface area contributed by atoms with Crippen LogP contribution >= 0.6 is 0 Å². The Labute approximate surface area is 93.9 Å². The molecule has 1 saturated carbocycles. The summed E-state index contributed by atoms with van der Waals surface area (Å²) < 4.78 is 0. The molecule has 0 aromatic heterocycles. The van der Waals surface area contributed by atoms with Gasteiger partial charge in [0.25, 0.3) is 0 Å². The van der Waals surface area contributed by atoms with Crippen molar-refractivity contribution < 1.29 is 5.11 Å². The van der Waals surface area contributed by atoms with Crippen LogP contribution in [0.2, 0.25) is 0 Å². The van der Waals surface area contributed by atoms with E-state index in [1.165, 1.54) is 0 Å². The molecule has 1 rings (SSSR count). The molecule has 0 spiro atoms. The average molecular weight is 208 g/mol. The summed E-state index contributed by atoms with van der Waals surface area (Å²) in [4.78, 5) is 0. The third-order valence-electron chi connectivity index (χ3n) is 3.83. The fourth-order valence-electron chi connectivity index (χ4n) is 2.21. The van der Waals surface area contributed by atoms with Crippen LogP contribution in [0.3, 0.4) is 0 Å². The van der Waals surface area contributed by atoms with Gasteiger partial charge in [-0.1, -0.05) is 27.7 Å². The molecule has 1 N–H and O–H groups in total. The lowest BCUT2D eigenvalue weighted by atomic mass is 9.50. The van der Waals surface area contributed by atoms with E-state index in [4.69, 9.17) is 0 Å². The first-order valence-corrected chi connectivity index (χ1v) is 5.72. The third kappa shape index (κ3) is 2.53. The molecule has 1 aliphatic rings. The lowest BCUT2D eigenvalue weighted by molar-refractivity contribution is -0.135. The zero-order valence-electron chi connectivity index (χ0n) is 10.9. The molecule has 15 heavy (non-hydrogen) atoms. The van der Waals surface area contributed by atoms with Gasteiger partial charge >= 0.3 is 0 Å². The van der Waals surface area contributed by atoms with Crippen LogP contribution in [0.1, 0.15) is 54.4 Å². The normalized spacial score (nSPS) is 35.4. The van der Waals surface area contributed by atoms with Crippen LogP contribution in [0.4, 0.5) is 0 Å². The number of hydrogen-bond donors (Lipinski definition) is 1. The molecule has 0 atom stereocenters. The maximum atomic E-state index is 10.2. The van der Waals surface area contributed by atoms with E-state index in [2.05, 4.69) is 33.4 Å². The largest absolute Gasteiger partial charge is 0.385 e. The molecule has 1 heteroatoms. The van der Waals surface area contributed by atoms with Gasteiger partial charge in [0.05, 0.1) is 5.60 Å². The SMILES string of the molecule is CC(C)=C=CC1(O)CC(C)(C(C)(C)C)C1. The Bertz CT molecular complexity index is 301. The van der Waals surface area contributed by atoms with Crippen LogP contribution in [0.15, 0.2) is 17.4 Å². The monoisotopic (exact) mass is 208 g/mol. The summed E-state index contributed by atoms with van der Waals surface area (Å²) in [5.74, 6) is 0. The van der Waals surface area contributed by atoms with Gasteiger partial charge in [-0.2, -0.15) is 0 Å². The van der Waals surface area contributed by atoms with Crippen molar-refractivity contribution in [3.8, 4) is 0 Å². The fraction of sp³-hybridized carbons (Fsp3) is 0.786. The Balaban J connectivity index is 2.75. The van der Waals surface area contributed by atoms with E-state index in [1.807, 2.05) is 19.9 Å². The summed E-state index contributed by atoms with van der Waals surface area (Å²) in [5.41, 5.74) is 4.14. The molecular formula is C14H24O. The first-order chi connectivity index (χ1) is 6.58. The summed E-state index contributed by atoms with van der Waals surface area (Å²) in [7, 11) is 0. The van der Waals surface area contributed by atoms with Gasteiger partial charge in [-0.3, -0.25) is 0 Å². The molecular weight excluding hydrogens is 184 g/mol. The van der Waals surface area contributed by atoms with E-state index in [-0.39, 0.29) is 10.8 Å². The summed E-state index contributed by atoms with van der Waals surface area (Å²) in [6, 6.07) is 0. The summed E-state index contributed by atoms with van der Waals surface area (Å²) >= 11 is 0. The molecule has 0 unspecified atom stereocenters. The van der Waals surface area contributed by atoms with E-state index >= 15 is 0 Å². The summed E-state index contributed by atoms with van der Waals surface area (Å²) in [5, 5.41) is 10.2. The van der Waals surface area contributed by atoms with E-state index in [9.17, 15) is 5.11 Å². The lowest BCUT2D eigenvalue weighted by Gasteiger charge is -2.57. The molecule has 0 aromatic carbocycles. The highest BCUT2D eigenvalue weighted by Gasteiger charge is 2.54. The highest BCUT2D eigenvalue weighted by molar-refractivity contribution is 5.16. The molecule has 0 bridgehead atoms. The molecule has 1 fully saturated rings. The molecule has 1 nitrogen and oxygen atoms in total. The van der Waals surface area contributed by atoms with Crippen molar-refractivity contribution in [3.05, 3.63) is 17.4 Å². The number of aliphatic hydroxyl groups is 1. The van der Waals surface area contributed by atoms with Crippen molar-refractivity contribution in [2.24, 2.45) is 10.8 Å². The second kappa shape index (κ2) is 3.50. The smallest absolute Gasteiger partial charge is 0.0911 e. The summed E-state index contributed by atoms with van der Waals surface area (Å²) in [6.45, 7) is 13.0. The highest BCUT2D eigenvalue weighted by Crippen LogP contribution is 2.58. The predicted octanol–water partition coefficient (Wildman–Crippen LogP) is 3.69. The molecule has 0 heterocycles. The van der Waals surface area contributed by atoms with Gasteiger partial charge in [-0.05, 0) is 49.2 Å². The quantitative estimate of drug-likeness (QED) is 0.652. The topological polar surface area (TPSA) is 20.2 Å². The van der Waals surface area contributed by atoms with E-state index in [0.29, 0.717) is 0 Å². The van der Waals surface area contributed by atoms with Gasteiger partial charge in [0.15, 0.2) is 0 Å². The fourth-order valence-corrected chi connectivity index (χ4v) is 2.21. The van der Waals surface area contributed by atoms with Crippen LogP contribution in [-0.4, -0.2) is 10.7 Å². The van der Waals surface area contributed by atoms with Gasteiger partial charge in [0.2, 0.25) is 0 Å². The van der Waals surface area contributed by atoms with Gasteiger partial charge in [-0.15, -0.1) is 5.73 Å². The minimum atomic E-state index is -0.612. The van der Waals surface area contributed by atoms with Crippen molar-refractivity contribution >= 4 is 0 Å². The molecule has 0 amide bonds. The van der Waals surface area contributed by atoms with Crippen LogP contribution < -0.4 is 0 Å². The average Bonchev–Trinajstić information content (AvgIpc) is 1.96. The second-order valence-electron chi connectivity index (χ2n) is 6.56. The number of hydrogen-bond acceptors (Lipinski definition) is 1. The molecule has 0 aromatic rings. The van der Waals surface area contributed by atoms with Crippen molar-refractivity contribution in [1.29, 1.82) is 0 Å². The Kier molecular flexibility index (Phi) is 2.93. The molecule has 0 aliphatic heterocycles. The van der Waals surface area contributed by atoms with E-state index in [0.717, 1.165) is 18.4 Å². The van der Waals surface area contributed by atoms with E-state index < -0.39 is 5.60 Å². The van der Waals surface area contributed by atoms with Crippen molar-refractivity contribution in [1.82, 2.24) is 0 Å². The Morgan fingerprint density at radius 3 is 2.07 bits per heavy atom. The van der Waals surface area contributed by atoms with Gasteiger partial charge < -0.3 is 5.11 Å². The zero-order chi connectivity index (χ0) is 11.9. The predicted molar refractivity (Wildman–Crippen MR) is 64.7 cm³/mol. The van der Waals surface area contributed by atoms with E-state index in [1.54, 1.807) is 0 Å². The van der Waals surface area contributed by atoms with Gasteiger partial charge in [0.1, 0.15) is 0 Å². The van der Waals surface area contributed by atoms with Crippen molar-refractivity contribution in [2.75, 3.05) is 0 Å². The zero-order valence-corrected chi connectivity index (χ0v) is 10.9. The molecule has 1 aliphatic carbocycles. The minimum absolute atomic E-state index is 0.252. The Hall–Kier alpha value is -0.520. The lowest BCUT2D eigenvalue weighted by Crippen LogP contribution is -2.54. The van der Waals surface area contributed by atoms with Crippen LogP contribution in [0, 0.1) is 10.8 Å². The molecule has 86 valence electrons. The van der Waals surface area contributed by atoms with Gasteiger partial charge in [0, 0.05) is 0 Å². The maximum Gasteiger partial charge on any atom is 0.0911 e. The maximum absolute atomic E-state index is 10.2.